The minimum Gasteiger partial charge on any atom is -0.465 e. The first-order valence-corrected chi connectivity index (χ1v) is 11.8. The molecule has 2 fully saturated rings. The number of anilines is 1. The number of thiophene rings is 1. The van der Waals surface area contributed by atoms with Crippen LogP contribution in [0.5, 0.6) is 0 Å². The fraction of sp³-hybridized carbons (Fsp3) is 0.667. The van der Waals surface area contributed by atoms with Crippen LogP contribution in [0.1, 0.15) is 74.3 Å². The first-order chi connectivity index (χ1) is 14.2. The van der Waals surface area contributed by atoms with Crippen LogP contribution in [0.2, 0.25) is 0 Å². The van der Waals surface area contributed by atoms with E-state index in [1.165, 1.54) is 18.4 Å². The number of rotatable bonds is 4. The molecule has 3 rings (SSSR count). The van der Waals surface area contributed by atoms with Crippen molar-refractivity contribution in [2.75, 3.05) is 25.1 Å². The van der Waals surface area contributed by atoms with Crippen LogP contribution in [0.25, 0.3) is 0 Å². The molecular weight excluding hydrogens is 396 g/mol. The number of carbonyl (C=O) groups excluding carboxylic acids is 2. The van der Waals surface area contributed by atoms with Crippen LogP contribution >= 0.6 is 11.3 Å². The Morgan fingerprint density at radius 1 is 1.20 bits per heavy atom. The summed E-state index contributed by atoms with van der Waals surface area (Å²) in [6, 6.07) is 1.97. The highest BCUT2D eigenvalue weighted by molar-refractivity contribution is 7.15. The van der Waals surface area contributed by atoms with E-state index in [2.05, 4.69) is 44.9 Å². The van der Waals surface area contributed by atoms with Crippen molar-refractivity contribution in [3.8, 4) is 11.8 Å². The van der Waals surface area contributed by atoms with E-state index < -0.39 is 5.97 Å². The molecule has 1 amide bonds. The lowest BCUT2D eigenvalue weighted by molar-refractivity contribution is -0.124. The van der Waals surface area contributed by atoms with E-state index in [1.807, 2.05) is 11.0 Å². The Kier molecular flexibility index (Phi) is 7.26. The lowest BCUT2D eigenvalue weighted by atomic mass is 9.82. The van der Waals surface area contributed by atoms with E-state index in [1.54, 1.807) is 0 Å². The van der Waals surface area contributed by atoms with Gasteiger partial charge in [0.2, 0.25) is 5.91 Å². The summed E-state index contributed by atoms with van der Waals surface area (Å²) in [6.45, 7) is 10.0. The monoisotopic (exact) mass is 430 g/mol. The zero-order valence-electron chi connectivity index (χ0n) is 18.8. The number of methoxy groups -OCH3 is 1. The number of amides is 1. The van der Waals surface area contributed by atoms with Crippen molar-refractivity contribution in [1.82, 2.24) is 5.32 Å². The van der Waals surface area contributed by atoms with Gasteiger partial charge in [-0.15, -0.1) is 11.3 Å². The zero-order valence-corrected chi connectivity index (χ0v) is 19.7. The summed E-state index contributed by atoms with van der Waals surface area (Å²) in [7, 11) is 1.39. The Morgan fingerprint density at radius 3 is 2.47 bits per heavy atom. The normalized spacial score (nSPS) is 24.1. The molecule has 1 aromatic rings. The standard InChI is InChI=1S/C24H34N2O3S/c1-16-6-8-17(9-7-16)22(27)26(18-11-13-25-15-18)20-14-19(10-12-24(2,3)4)30-21(20)23(28)29-5/h14,16-18,25H,6-9,11,13,15H2,1-5H3/t16-,17-,18-/m0/s1. The highest BCUT2D eigenvalue weighted by Gasteiger charge is 2.37. The molecule has 1 atom stereocenters. The molecular formula is C24H34N2O3S. The van der Waals surface area contributed by atoms with Crippen LogP contribution in [-0.4, -0.2) is 38.1 Å². The van der Waals surface area contributed by atoms with Crippen LogP contribution in [-0.2, 0) is 9.53 Å². The summed E-state index contributed by atoms with van der Waals surface area (Å²) in [4.78, 5) is 29.5. The van der Waals surface area contributed by atoms with Crippen molar-refractivity contribution in [2.45, 2.75) is 65.8 Å². The number of esters is 1. The van der Waals surface area contributed by atoms with Crippen LogP contribution < -0.4 is 10.2 Å². The van der Waals surface area contributed by atoms with Crippen molar-refractivity contribution in [3.63, 3.8) is 0 Å². The summed E-state index contributed by atoms with van der Waals surface area (Å²) >= 11 is 1.32. The minimum atomic E-state index is -0.403. The average Bonchev–Trinajstić information content (AvgIpc) is 3.37. The molecule has 5 nitrogen and oxygen atoms in total. The number of nitrogens with zero attached hydrogens (tertiary/aromatic N) is 1. The maximum Gasteiger partial charge on any atom is 0.350 e. The van der Waals surface area contributed by atoms with Gasteiger partial charge in [-0.05, 0) is 71.4 Å². The first kappa shape index (κ1) is 22.8. The third-order valence-electron chi connectivity index (χ3n) is 5.91. The number of nitrogens with one attached hydrogen (secondary N) is 1. The van der Waals surface area contributed by atoms with Gasteiger partial charge >= 0.3 is 5.97 Å². The highest BCUT2D eigenvalue weighted by atomic mass is 32.1. The third-order valence-corrected chi connectivity index (χ3v) is 6.93. The van der Waals surface area contributed by atoms with Crippen LogP contribution in [0.4, 0.5) is 5.69 Å². The van der Waals surface area contributed by atoms with E-state index >= 15 is 0 Å². The molecule has 1 saturated carbocycles. The number of hydrogen-bond donors (Lipinski definition) is 1. The highest BCUT2D eigenvalue weighted by Crippen LogP contribution is 2.37. The maximum absolute atomic E-state index is 13.7. The SMILES string of the molecule is COC(=O)c1sc(C#CC(C)(C)C)cc1N(C(=O)[C@H]1CC[C@H](C)CC1)[C@H]1CCNC1. The molecule has 6 heteroatoms. The van der Waals surface area contributed by atoms with Crippen LogP contribution in [0.15, 0.2) is 6.07 Å². The molecule has 164 valence electrons. The largest absolute Gasteiger partial charge is 0.465 e. The smallest absolute Gasteiger partial charge is 0.350 e. The quantitative estimate of drug-likeness (QED) is 0.566. The average molecular weight is 431 g/mol. The predicted octanol–water partition coefficient (Wildman–Crippen LogP) is 4.45. The Morgan fingerprint density at radius 2 is 1.90 bits per heavy atom. The molecule has 1 N–H and O–H groups in total. The van der Waals surface area contributed by atoms with Gasteiger partial charge in [0.1, 0.15) is 4.88 Å². The Bertz CT molecular complexity index is 829. The minimum absolute atomic E-state index is 0.0244. The molecule has 1 aromatic heterocycles. The molecule has 2 aliphatic rings. The van der Waals surface area contributed by atoms with Gasteiger partial charge < -0.3 is 15.0 Å². The van der Waals surface area contributed by atoms with Gasteiger partial charge in [0.15, 0.2) is 0 Å². The van der Waals surface area contributed by atoms with E-state index in [9.17, 15) is 9.59 Å². The van der Waals surface area contributed by atoms with E-state index in [0.29, 0.717) is 16.5 Å². The summed E-state index contributed by atoms with van der Waals surface area (Å²) in [5.74, 6) is 6.89. The van der Waals surface area contributed by atoms with Crippen molar-refractivity contribution in [2.24, 2.45) is 17.3 Å². The fourth-order valence-corrected chi connectivity index (χ4v) is 5.09. The van der Waals surface area contributed by atoms with Gasteiger partial charge in [-0.3, -0.25) is 4.79 Å². The maximum atomic E-state index is 13.7. The molecule has 2 heterocycles. The predicted molar refractivity (Wildman–Crippen MR) is 122 cm³/mol. The van der Waals surface area contributed by atoms with Gasteiger partial charge in [-0.25, -0.2) is 4.79 Å². The second-order valence-corrected chi connectivity index (χ2v) is 10.7. The van der Waals surface area contributed by atoms with Gasteiger partial charge in [0, 0.05) is 17.9 Å². The van der Waals surface area contributed by atoms with E-state index in [0.717, 1.165) is 50.1 Å². The summed E-state index contributed by atoms with van der Waals surface area (Å²) in [5.41, 5.74) is 0.529. The molecule has 0 spiro atoms. The fourth-order valence-electron chi connectivity index (χ4n) is 4.17. The van der Waals surface area contributed by atoms with Crippen LogP contribution in [0, 0.1) is 29.1 Å². The second kappa shape index (κ2) is 9.53. The molecule has 1 aliphatic heterocycles. The van der Waals surface area contributed by atoms with Crippen molar-refractivity contribution >= 4 is 28.9 Å². The van der Waals surface area contributed by atoms with Crippen LogP contribution in [0.3, 0.4) is 0 Å². The molecule has 30 heavy (non-hydrogen) atoms. The molecule has 1 aliphatic carbocycles. The molecule has 0 unspecified atom stereocenters. The van der Waals surface area contributed by atoms with Gasteiger partial charge in [0.05, 0.1) is 23.7 Å². The van der Waals surface area contributed by atoms with Gasteiger partial charge in [0.25, 0.3) is 0 Å². The number of carbonyl (C=O) groups is 2. The topological polar surface area (TPSA) is 58.6 Å². The Balaban J connectivity index is 2.00. The Labute approximate surface area is 184 Å². The van der Waals surface area contributed by atoms with Crippen molar-refractivity contribution < 1.29 is 14.3 Å². The van der Waals surface area contributed by atoms with E-state index in [4.69, 9.17) is 4.74 Å². The van der Waals surface area contributed by atoms with Crippen molar-refractivity contribution in [3.05, 3.63) is 15.8 Å². The first-order valence-electron chi connectivity index (χ1n) is 11.0. The lowest BCUT2D eigenvalue weighted by Crippen LogP contribution is -2.46. The summed E-state index contributed by atoms with van der Waals surface area (Å²) in [5, 5.41) is 3.37. The number of ether oxygens (including phenoxy) is 1. The number of hydrogen-bond acceptors (Lipinski definition) is 5. The molecule has 1 saturated heterocycles. The molecule has 0 radical (unpaired) electrons. The van der Waals surface area contributed by atoms with E-state index in [-0.39, 0.29) is 23.3 Å². The second-order valence-electron chi connectivity index (χ2n) is 9.63. The molecule has 0 bridgehead atoms. The van der Waals surface area contributed by atoms with Gasteiger partial charge in [-0.2, -0.15) is 0 Å². The summed E-state index contributed by atoms with van der Waals surface area (Å²) in [6.07, 6.45) is 4.90. The molecule has 0 aromatic carbocycles. The Hall–Kier alpha value is -1.84. The van der Waals surface area contributed by atoms with Crippen molar-refractivity contribution in [1.29, 1.82) is 0 Å². The van der Waals surface area contributed by atoms with Gasteiger partial charge in [-0.1, -0.05) is 18.8 Å². The summed E-state index contributed by atoms with van der Waals surface area (Å²) < 4.78 is 5.06. The third kappa shape index (κ3) is 5.44. The zero-order chi connectivity index (χ0) is 21.9. The lowest BCUT2D eigenvalue weighted by Gasteiger charge is -2.34.